The van der Waals surface area contributed by atoms with Crippen molar-refractivity contribution in [3.8, 4) is 22.9 Å². The molecule has 0 amide bonds. The van der Waals surface area contributed by atoms with Crippen LogP contribution in [0, 0.1) is 0 Å². The van der Waals surface area contributed by atoms with Crippen LogP contribution >= 0.6 is 0 Å². The lowest BCUT2D eigenvalue weighted by atomic mass is 10.0. The molecule has 140 valence electrons. The largest absolute Gasteiger partial charge is 0.497 e. The van der Waals surface area contributed by atoms with E-state index in [1.54, 1.807) is 14.2 Å². The van der Waals surface area contributed by atoms with E-state index in [1.807, 2.05) is 42.5 Å². The first-order valence-electron chi connectivity index (χ1n) is 9.12. The Morgan fingerprint density at radius 1 is 1.11 bits per heavy atom. The first-order chi connectivity index (χ1) is 13.3. The number of hydrogen-bond acceptors (Lipinski definition) is 6. The number of hydrogen-bond donors (Lipinski definition) is 0. The smallest absolute Gasteiger partial charge is 0.241 e. The van der Waals surface area contributed by atoms with Crippen molar-refractivity contribution in [2.45, 2.75) is 25.4 Å². The fourth-order valence-corrected chi connectivity index (χ4v) is 3.66. The van der Waals surface area contributed by atoms with Gasteiger partial charge >= 0.3 is 0 Å². The molecule has 0 unspecified atom stereocenters. The van der Waals surface area contributed by atoms with Gasteiger partial charge in [0.25, 0.3) is 0 Å². The standard InChI is InChI=1S/C21H23N3O3/c1-25-16-10-11-17(19(13-16)26-2)18-9-6-12-24(18)14-20-22-21(23-27-20)15-7-4-3-5-8-15/h3-5,7-8,10-11,13,18H,6,9,12,14H2,1-2H3/t18-/m1/s1. The Balaban J connectivity index is 1.54. The fourth-order valence-electron chi connectivity index (χ4n) is 3.66. The highest BCUT2D eigenvalue weighted by Crippen LogP contribution is 2.39. The van der Waals surface area contributed by atoms with E-state index in [9.17, 15) is 0 Å². The molecular weight excluding hydrogens is 342 g/mol. The van der Waals surface area contributed by atoms with Gasteiger partial charge in [0.05, 0.1) is 20.8 Å². The summed E-state index contributed by atoms with van der Waals surface area (Å²) in [5.74, 6) is 2.91. The highest BCUT2D eigenvalue weighted by molar-refractivity contribution is 5.53. The Morgan fingerprint density at radius 2 is 1.96 bits per heavy atom. The van der Waals surface area contributed by atoms with Crippen LogP contribution in [-0.4, -0.2) is 35.8 Å². The third-order valence-corrected chi connectivity index (χ3v) is 5.00. The Hall–Kier alpha value is -2.86. The van der Waals surface area contributed by atoms with Crippen LogP contribution in [0.3, 0.4) is 0 Å². The molecule has 6 nitrogen and oxygen atoms in total. The van der Waals surface area contributed by atoms with Gasteiger partial charge in [-0.05, 0) is 25.5 Å². The van der Waals surface area contributed by atoms with Gasteiger partial charge in [-0.1, -0.05) is 41.6 Å². The van der Waals surface area contributed by atoms with Crippen LogP contribution in [0.15, 0.2) is 53.1 Å². The molecule has 2 aromatic carbocycles. The van der Waals surface area contributed by atoms with Crippen molar-refractivity contribution in [1.29, 1.82) is 0 Å². The van der Waals surface area contributed by atoms with Gasteiger partial charge < -0.3 is 14.0 Å². The van der Waals surface area contributed by atoms with E-state index in [0.717, 1.165) is 36.4 Å². The lowest BCUT2D eigenvalue weighted by molar-refractivity contribution is 0.209. The SMILES string of the molecule is COc1ccc([C@H]2CCCN2Cc2nc(-c3ccccc3)no2)c(OC)c1. The third-order valence-electron chi connectivity index (χ3n) is 5.00. The van der Waals surface area contributed by atoms with E-state index in [0.29, 0.717) is 18.3 Å². The van der Waals surface area contributed by atoms with Crippen molar-refractivity contribution in [2.75, 3.05) is 20.8 Å². The topological polar surface area (TPSA) is 60.6 Å². The molecule has 27 heavy (non-hydrogen) atoms. The molecular formula is C21H23N3O3. The monoisotopic (exact) mass is 365 g/mol. The molecule has 0 bridgehead atoms. The lowest BCUT2D eigenvalue weighted by Gasteiger charge is -2.25. The van der Waals surface area contributed by atoms with Crippen LogP contribution in [-0.2, 0) is 6.54 Å². The minimum absolute atomic E-state index is 0.262. The molecule has 0 radical (unpaired) electrons. The van der Waals surface area contributed by atoms with Crippen LogP contribution in [0.1, 0.15) is 30.3 Å². The molecule has 1 atom stereocenters. The van der Waals surface area contributed by atoms with E-state index in [2.05, 4.69) is 21.1 Å². The van der Waals surface area contributed by atoms with E-state index >= 15 is 0 Å². The summed E-state index contributed by atoms with van der Waals surface area (Å²) in [6.07, 6.45) is 2.20. The number of methoxy groups -OCH3 is 2. The second-order valence-electron chi connectivity index (χ2n) is 6.61. The Labute approximate surface area is 158 Å². The van der Waals surface area contributed by atoms with Crippen LogP contribution in [0.25, 0.3) is 11.4 Å². The summed E-state index contributed by atoms with van der Waals surface area (Å²) in [5, 5.41) is 4.13. The van der Waals surface area contributed by atoms with Gasteiger partial charge in [-0.15, -0.1) is 0 Å². The number of aromatic nitrogens is 2. The van der Waals surface area contributed by atoms with Crippen LogP contribution in [0.4, 0.5) is 0 Å². The Kier molecular flexibility index (Phi) is 5.07. The zero-order valence-corrected chi connectivity index (χ0v) is 15.6. The van der Waals surface area contributed by atoms with Crippen molar-refractivity contribution in [3.05, 3.63) is 60.0 Å². The zero-order chi connectivity index (χ0) is 18.6. The minimum atomic E-state index is 0.262. The summed E-state index contributed by atoms with van der Waals surface area (Å²) in [6.45, 7) is 1.61. The molecule has 4 rings (SSSR count). The molecule has 2 heterocycles. The molecule has 3 aromatic rings. The van der Waals surface area contributed by atoms with Gasteiger partial charge in [0.2, 0.25) is 11.7 Å². The van der Waals surface area contributed by atoms with Crippen molar-refractivity contribution in [3.63, 3.8) is 0 Å². The van der Waals surface area contributed by atoms with Gasteiger partial charge in [0.15, 0.2) is 0 Å². The van der Waals surface area contributed by atoms with Crippen LogP contribution in [0.5, 0.6) is 11.5 Å². The maximum Gasteiger partial charge on any atom is 0.241 e. The van der Waals surface area contributed by atoms with E-state index in [-0.39, 0.29) is 6.04 Å². The van der Waals surface area contributed by atoms with Crippen molar-refractivity contribution in [1.82, 2.24) is 15.0 Å². The first kappa shape index (κ1) is 17.5. The van der Waals surface area contributed by atoms with Crippen LogP contribution in [0.2, 0.25) is 0 Å². The number of rotatable bonds is 6. The maximum absolute atomic E-state index is 5.60. The average molecular weight is 365 g/mol. The highest BCUT2D eigenvalue weighted by Gasteiger charge is 2.30. The molecule has 1 saturated heterocycles. The predicted molar refractivity (Wildman–Crippen MR) is 102 cm³/mol. The number of ether oxygens (including phenoxy) is 2. The number of nitrogens with zero attached hydrogens (tertiary/aromatic N) is 3. The van der Waals surface area contributed by atoms with E-state index in [1.165, 1.54) is 5.56 Å². The maximum atomic E-state index is 5.60. The minimum Gasteiger partial charge on any atom is -0.497 e. The molecule has 0 aliphatic carbocycles. The summed E-state index contributed by atoms with van der Waals surface area (Å²) in [5.41, 5.74) is 2.13. The first-order valence-corrected chi connectivity index (χ1v) is 9.12. The fraction of sp³-hybridized carbons (Fsp3) is 0.333. The molecule has 0 saturated carbocycles. The second kappa shape index (κ2) is 7.80. The van der Waals surface area contributed by atoms with E-state index in [4.69, 9.17) is 14.0 Å². The summed E-state index contributed by atoms with van der Waals surface area (Å²) >= 11 is 0. The van der Waals surface area contributed by atoms with Crippen molar-refractivity contribution < 1.29 is 14.0 Å². The van der Waals surface area contributed by atoms with Crippen LogP contribution < -0.4 is 9.47 Å². The van der Waals surface area contributed by atoms with E-state index < -0.39 is 0 Å². The third kappa shape index (κ3) is 3.66. The molecule has 1 fully saturated rings. The summed E-state index contributed by atoms with van der Waals surface area (Å²) in [4.78, 5) is 6.94. The van der Waals surface area contributed by atoms with Gasteiger partial charge in [-0.25, -0.2) is 0 Å². The molecule has 1 aliphatic heterocycles. The molecule has 1 aliphatic rings. The Bertz CT molecular complexity index is 895. The van der Waals surface area contributed by atoms with Gasteiger partial charge in [0, 0.05) is 23.2 Å². The molecule has 0 spiro atoms. The van der Waals surface area contributed by atoms with Gasteiger partial charge in [0.1, 0.15) is 11.5 Å². The molecule has 1 aromatic heterocycles. The normalized spacial score (nSPS) is 17.2. The zero-order valence-electron chi connectivity index (χ0n) is 15.6. The lowest BCUT2D eigenvalue weighted by Crippen LogP contribution is -2.23. The second-order valence-corrected chi connectivity index (χ2v) is 6.61. The average Bonchev–Trinajstić information content (AvgIpc) is 3.38. The number of likely N-dealkylation sites (tertiary alicyclic amines) is 1. The highest BCUT2D eigenvalue weighted by atomic mass is 16.5. The molecule has 6 heteroatoms. The number of benzene rings is 2. The van der Waals surface area contributed by atoms with Gasteiger partial charge in [-0.3, -0.25) is 4.90 Å². The van der Waals surface area contributed by atoms with Crippen molar-refractivity contribution >= 4 is 0 Å². The summed E-state index contributed by atoms with van der Waals surface area (Å²) in [7, 11) is 3.36. The quantitative estimate of drug-likeness (QED) is 0.656. The van der Waals surface area contributed by atoms with Gasteiger partial charge in [-0.2, -0.15) is 4.98 Å². The van der Waals surface area contributed by atoms with Crippen molar-refractivity contribution in [2.24, 2.45) is 0 Å². The predicted octanol–water partition coefficient (Wildman–Crippen LogP) is 4.09. The summed E-state index contributed by atoms with van der Waals surface area (Å²) in [6, 6.07) is 16.1. The Morgan fingerprint density at radius 3 is 2.74 bits per heavy atom. The summed E-state index contributed by atoms with van der Waals surface area (Å²) < 4.78 is 16.4. The molecule has 0 N–H and O–H groups in total.